The van der Waals surface area contributed by atoms with Crippen LogP contribution in [0.5, 0.6) is 0 Å². The number of aromatic nitrogens is 4. The molecule has 0 fully saturated rings. The lowest BCUT2D eigenvalue weighted by molar-refractivity contribution is 0.0943. The summed E-state index contributed by atoms with van der Waals surface area (Å²) in [5.74, 6) is 0.474. The van der Waals surface area contributed by atoms with Gasteiger partial charge in [0.05, 0.1) is 24.2 Å². The smallest absolute Gasteiger partial charge is 0.269 e. The maximum Gasteiger partial charge on any atom is 0.269 e. The van der Waals surface area contributed by atoms with Crippen molar-refractivity contribution in [3.63, 3.8) is 0 Å². The Morgan fingerprint density at radius 1 is 1.45 bits per heavy atom. The van der Waals surface area contributed by atoms with Gasteiger partial charge in [0.25, 0.3) is 5.91 Å². The predicted octanol–water partition coefficient (Wildman–Crippen LogP) is 1.95. The standard InChI is InChI=1S/C15H17N5O2/c1-9-14(10(2)20(3)19-9)12-7-13(18-17-12)15(21)16-8-11-5-4-6-22-11/h4-7H,8H2,1-3H3,(H,16,21)(H,17,18). The number of hydrogen-bond acceptors (Lipinski definition) is 4. The van der Waals surface area contributed by atoms with Gasteiger partial charge < -0.3 is 9.73 Å². The number of carbonyl (C=O) groups excluding carboxylic acids is 1. The first-order valence-electron chi connectivity index (χ1n) is 6.93. The SMILES string of the molecule is Cc1nn(C)c(C)c1-c1cc(C(=O)NCc2ccco2)[nH]n1. The number of hydrogen-bond donors (Lipinski definition) is 2. The largest absolute Gasteiger partial charge is 0.467 e. The number of furan rings is 1. The van der Waals surface area contributed by atoms with Crippen LogP contribution in [0.1, 0.15) is 27.6 Å². The summed E-state index contributed by atoms with van der Waals surface area (Å²) in [4.78, 5) is 12.1. The summed E-state index contributed by atoms with van der Waals surface area (Å²) in [6.45, 7) is 4.24. The molecule has 3 aromatic rings. The molecule has 3 aromatic heterocycles. The zero-order chi connectivity index (χ0) is 15.7. The molecule has 114 valence electrons. The van der Waals surface area contributed by atoms with Crippen LogP contribution in [0.2, 0.25) is 0 Å². The monoisotopic (exact) mass is 299 g/mol. The van der Waals surface area contributed by atoms with Gasteiger partial charge >= 0.3 is 0 Å². The summed E-state index contributed by atoms with van der Waals surface area (Å²) in [6.07, 6.45) is 1.57. The molecule has 1 amide bonds. The molecule has 0 spiro atoms. The van der Waals surface area contributed by atoms with Gasteiger partial charge in [0.2, 0.25) is 0 Å². The summed E-state index contributed by atoms with van der Waals surface area (Å²) in [5.41, 5.74) is 3.96. The minimum atomic E-state index is -0.227. The number of aromatic amines is 1. The number of nitrogens with zero attached hydrogens (tertiary/aromatic N) is 3. The van der Waals surface area contributed by atoms with Crippen molar-refractivity contribution in [2.45, 2.75) is 20.4 Å². The molecule has 0 radical (unpaired) electrons. The molecule has 7 heteroatoms. The summed E-state index contributed by atoms with van der Waals surface area (Å²) < 4.78 is 6.98. The molecule has 7 nitrogen and oxygen atoms in total. The van der Waals surface area contributed by atoms with E-state index >= 15 is 0 Å². The fourth-order valence-electron chi connectivity index (χ4n) is 2.39. The minimum Gasteiger partial charge on any atom is -0.467 e. The summed E-state index contributed by atoms with van der Waals surface area (Å²) in [5, 5.41) is 14.1. The fraction of sp³-hybridized carbons (Fsp3) is 0.267. The van der Waals surface area contributed by atoms with E-state index in [1.165, 1.54) is 0 Å². The van der Waals surface area contributed by atoms with Crippen molar-refractivity contribution >= 4 is 5.91 Å². The molecule has 0 aliphatic heterocycles. The van der Waals surface area contributed by atoms with Gasteiger partial charge in [-0.3, -0.25) is 14.6 Å². The van der Waals surface area contributed by atoms with Crippen molar-refractivity contribution < 1.29 is 9.21 Å². The Labute approximate surface area is 127 Å². The second kappa shape index (κ2) is 5.51. The maximum absolute atomic E-state index is 12.1. The van der Waals surface area contributed by atoms with Gasteiger partial charge in [0.15, 0.2) is 0 Å². The quantitative estimate of drug-likeness (QED) is 0.770. The van der Waals surface area contributed by atoms with E-state index in [4.69, 9.17) is 4.42 Å². The van der Waals surface area contributed by atoms with Gasteiger partial charge in [0, 0.05) is 18.3 Å². The molecule has 0 aliphatic carbocycles. The highest BCUT2D eigenvalue weighted by atomic mass is 16.3. The molecular formula is C15H17N5O2. The minimum absolute atomic E-state index is 0.227. The van der Waals surface area contributed by atoms with Crippen LogP contribution in [-0.4, -0.2) is 25.9 Å². The van der Waals surface area contributed by atoms with E-state index in [-0.39, 0.29) is 5.91 Å². The zero-order valence-corrected chi connectivity index (χ0v) is 12.7. The molecule has 3 heterocycles. The Morgan fingerprint density at radius 3 is 2.91 bits per heavy atom. The van der Waals surface area contributed by atoms with Crippen molar-refractivity contribution in [1.82, 2.24) is 25.3 Å². The molecule has 0 saturated carbocycles. The van der Waals surface area contributed by atoms with E-state index in [2.05, 4.69) is 20.6 Å². The Kier molecular flexibility index (Phi) is 3.54. The van der Waals surface area contributed by atoms with Crippen molar-refractivity contribution in [3.05, 3.63) is 47.3 Å². The normalized spacial score (nSPS) is 10.9. The number of rotatable bonds is 4. The van der Waals surface area contributed by atoms with Crippen molar-refractivity contribution in [1.29, 1.82) is 0 Å². The molecule has 0 saturated heterocycles. The van der Waals surface area contributed by atoms with Crippen LogP contribution in [0.15, 0.2) is 28.9 Å². The molecule has 0 atom stereocenters. The third kappa shape index (κ3) is 2.52. The Balaban J connectivity index is 1.77. The number of amides is 1. The lowest BCUT2D eigenvalue weighted by Crippen LogP contribution is -2.22. The molecule has 0 aliphatic rings. The van der Waals surface area contributed by atoms with Crippen LogP contribution < -0.4 is 5.32 Å². The van der Waals surface area contributed by atoms with Crippen LogP contribution in [0.25, 0.3) is 11.3 Å². The molecular weight excluding hydrogens is 282 g/mol. The Morgan fingerprint density at radius 2 is 2.27 bits per heavy atom. The topological polar surface area (TPSA) is 88.7 Å². The van der Waals surface area contributed by atoms with E-state index in [1.807, 2.05) is 20.9 Å². The summed E-state index contributed by atoms with van der Waals surface area (Å²) in [7, 11) is 1.88. The van der Waals surface area contributed by atoms with Crippen LogP contribution in [0, 0.1) is 13.8 Å². The van der Waals surface area contributed by atoms with E-state index in [9.17, 15) is 4.79 Å². The average Bonchev–Trinajstić information content (AvgIpc) is 3.19. The van der Waals surface area contributed by atoms with E-state index in [0.717, 1.165) is 17.0 Å². The second-order valence-corrected chi connectivity index (χ2v) is 5.10. The van der Waals surface area contributed by atoms with E-state index < -0.39 is 0 Å². The van der Waals surface area contributed by atoms with E-state index in [0.29, 0.717) is 23.7 Å². The number of carbonyl (C=O) groups is 1. The van der Waals surface area contributed by atoms with Crippen molar-refractivity contribution in [2.75, 3.05) is 0 Å². The lowest BCUT2D eigenvalue weighted by atomic mass is 10.1. The highest BCUT2D eigenvalue weighted by Gasteiger charge is 2.17. The van der Waals surface area contributed by atoms with Crippen molar-refractivity contribution in [3.8, 4) is 11.3 Å². The van der Waals surface area contributed by atoms with Gasteiger partial charge in [-0.05, 0) is 32.0 Å². The molecule has 0 unspecified atom stereocenters. The lowest BCUT2D eigenvalue weighted by Gasteiger charge is -2.00. The number of H-pyrrole nitrogens is 1. The molecule has 0 bridgehead atoms. The predicted molar refractivity (Wildman–Crippen MR) is 80.1 cm³/mol. The molecule has 3 rings (SSSR count). The maximum atomic E-state index is 12.1. The highest BCUT2D eigenvalue weighted by molar-refractivity contribution is 5.93. The number of aryl methyl sites for hydroxylation is 2. The van der Waals surface area contributed by atoms with Gasteiger partial charge in [-0.1, -0.05) is 0 Å². The Hall–Kier alpha value is -2.83. The Bertz CT molecular complexity index is 798. The number of nitrogens with one attached hydrogen (secondary N) is 2. The van der Waals surface area contributed by atoms with Crippen LogP contribution in [-0.2, 0) is 13.6 Å². The summed E-state index contributed by atoms with van der Waals surface area (Å²) >= 11 is 0. The van der Waals surface area contributed by atoms with Crippen LogP contribution in [0.4, 0.5) is 0 Å². The third-order valence-electron chi connectivity index (χ3n) is 3.59. The zero-order valence-electron chi connectivity index (χ0n) is 12.7. The van der Waals surface area contributed by atoms with Gasteiger partial charge in [-0.2, -0.15) is 10.2 Å². The van der Waals surface area contributed by atoms with E-state index in [1.54, 1.807) is 29.1 Å². The molecule has 0 aromatic carbocycles. The van der Waals surface area contributed by atoms with Gasteiger partial charge in [-0.15, -0.1) is 0 Å². The van der Waals surface area contributed by atoms with Gasteiger partial charge in [0.1, 0.15) is 11.5 Å². The fourth-order valence-corrected chi connectivity index (χ4v) is 2.39. The average molecular weight is 299 g/mol. The first kappa shape index (κ1) is 14.1. The highest BCUT2D eigenvalue weighted by Crippen LogP contribution is 2.25. The third-order valence-corrected chi connectivity index (χ3v) is 3.59. The van der Waals surface area contributed by atoms with Crippen LogP contribution in [0.3, 0.4) is 0 Å². The first-order valence-corrected chi connectivity index (χ1v) is 6.93. The first-order chi connectivity index (χ1) is 10.6. The second-order valence-electron chi connectivity index (χ2n) is 5.10. The summed E-state index contributed by atoms with van der Waals surface area (Å²) in [6, 6.07) is 5.32. The van der Waals surface area contributed by atoms with Crippen LogP contribution >= 0.6 is 0 Å². The molecule has 22 heavy (non-hydrogen) atoms. The van der Waals surface area contributed by atoms with Crippen molar-refractivity contribution in [2.24, 2.45) is 7.05 Å². The molecule has 2 N–H and O–H groups in total. The van der Waals surface area contributed by atoms with Gasteiger partial charge in [-0.25, -0.2) is 0 Å².